The molecule has 0 radical (unpaired) electrons. The van der Waals surface area contributed by atoms with Crippen LogP contribution in [-0.4, -0.2) is 155 Å². The van der Waals surface area contributed by atoms with Crippen molar-refractivity contribution in [2.24, 2.45) is 0 Å². The molecule has 78 heavy (non-hydrogen) atoms. The lowest BCUT2D eigenvalue weighted by molar-refractivity contribution is -0.943. The second kappa shape index (κ2) is 30.2. The molecule has 6 atom stereocenters. The van der Waals surface area contributed by atoms with Crippen LogP contribution in [0.4, 0.5) is 0 Å². The number of hydrogen-bond acceptors (Lipinski definition) is 16. The quantitative estimate of drug-likeness (QED) is 0.0276. The predicted octanol–water partition coefficient (Wildman–Crippen LogP) is 1.55. The van der Waals surface area contributed by atoms with Crippen molar-refractivity contribution < 1.29 is 133 Å². The van der Waals surface area contributed by atoms with Crippen molar-refractivity contribution in [2.75, 3.05) is 110 Å². The van der Waals surface area contributed by atoms with E-state index in [0.29, 0.717) is 119 Å². The number of fused-ring (bicyclic) bond motifs is 2. The molecule has 0 N–H and O–H groups in total. The van der Waals surface area contributed by atoms with Gasteiger partial charge in [-0.05, 0) is 96.5 Å². The summed E-state index contributed by atoms with van der Waals surface area (Å²) in [5.41, 5.74) is 6.24. The van der Waals surface area contributed by atoms with Crippen LogP contribution in [0.5, 0.6) is 46.0 Å². The molecule has 2 aliphatic rings. The van der Waals surface area contributed by atoms with Crippen LogP contribution >= 0.6 is 0 Å². The summed E-state index contributed by atoms with van der Waals surface area (Å²) in [6.07, 6.45) is 2.53. The molecule has 6 rings (SSSR count). The number of likely N-dealkylation sites (N-methyl/N-ethyl adjacent to an activating group) is 2. The third-order valence-electron chi connectivity index (χ3n) is 14.9. The minimum Gasteiger partial charge on any atom is -1.00 e. The standard InChI is InChI=1S/C58H78N2O16.2HI/c1-37(61)75-55(35-59(3)23-21-41-31-51(69-9)53(71-11)33-43(41)45(59)27-39-17-19-47(65-5)49(29-39)67-7)57(63)73-25-15-13-14-16-26-74-58(64)56(76-38(2)62)36-60(4)24-22-42-32-52(70-10)54(72-12)34-44(42)46(60)28-40-18-20-48(66-6)50(30-40)68-8;;/h17-20,29-34,45-46,55-56H,13-16,21-28,35-36H2,1-12H3;2*1H/q+2;;/p-2. The molecule has 4 aromatic rings. The van der Waals surface area contributed by atoms with Gasteiger partial charge in [0.15, 0.2) is 46.0 Å². The summed E-state index contributed by atoms with van der Waals surface area (Å²) in [6, 6.07) is 19.3. The Balaban J connectivity index is 0.00000656. The molecule has 430 valence electrons. The van der Waals surface area contributed by atoms with Crippen molar-refractivity contribution in [3.05, 3.63) is 94.0 Å². The van der Waals surface area contributed by atoms with E-state index < -0.39 is 36.1 Å². The Bertz CT molecular complexity index is 2490. The van der Waals surface area contributed by atoms with Gasteiger partial charge >= 0.3 is 23.9 Å². The summed E-state index contributed by atoms with van der Waals surface area (Å²) in [5.74, 6) is 2.42. The molecule has 6 unspecified atom stereocenters. The number of nitrogens with zero attached hydrogens (tertiary/aromatic N) is 2. The average Bonchev–Trinajstić information content (AvgIpc) is 3.45. The average molecular weight is 1310 g/mol. The van der Waals surface area contributed by atoms with E-state index in [1.165, 1.54) is 13.8 Å². The van der Waals surface area contributed by atoms with Crippen molar-refractivity contribution in [3.8, 4) is 46.0 Å². The summed E-state index contributed by atoms with van der Waals surface area (Å²) >= 11 is 0. The molecule has 0 bridgehead atoms. The van der Waals surface area contributed by atoms with Crippen LogP contribution in [-0.2, 0) is 63.8 Å². The number of carbonyl (C=O) groups is 4. The van der Waals surface area contributed by atoms with Gasteiger partial charge in [-0.3, -0.25) is 9.59 Å². The topological polar surface area (TPSA) is 179 Å². The highest BCUT2D eigenvalue weighted by atomic mass is 127. The van der Waals surface area contributed by atoms with E-state index in [0.717, 1.165) is 33.4 Å². The lowest BCUT2D eigenvalue weighted by atomic mass is 9.86. The first kappa shape index (κ1) is 65.1. The number of halogens is 2. The van der Waals surface area contributed by atoms with E-state index in [2.05, 4.69) is 14.1 Å². The molecular formula is C58H78I2N2O16. The van der Waals surface area contributed by atoms with Crippen molar-refractivity contribution in [1.82, 2.24) is 0 Å². The second-order valence-electron chi connectivity index (χ2n) is 19.8. The molecule has 0 fully saturated rings. The maximum atomic E-state index is 13.8. The van der Waals surface area contributed by atoms with E-state index in [1.807, 2.05) is 60.7 Å². The van der Waals surface area contributed by atoms with Crippen LogP contribution in [0.2, 0.25) is 0 Å². The fourth-order valence-corrected chi connectivity index (χ4v) is 10.8. The van der Waals surface area contributed by atoms with E-state index in [-0.39, 0.29) is 86.3 Å². The Labute approximate surface area is 493 Å². The summed E-state index contributed by atoms with van der Waals surface area (Å²) in [7, 11) is 16.9. The highest BCUT2D eigenvalue weighted by Crippen LogP contribution is 2.45. The van der Waals surface area contributed by atoms with Gasteiger partial charge in [-0.1, -0.05) is 12.1 Å². The Morgan fingerprint density at radius 2 is 0.782 bits per heavy atom. The summed E-state index contributed by atoms with van der Waals surface area (Å²) in [5, 5.41) is 0. The SMILES string of the molecule is COc1ccc(CC2c3cc(OC)c(OC)cc3CC[N+]2(C)CC(OC(C)=O)C(=O)OCCCCCCOC(=O)C(C[N+]2(C)CCc3cc(OC)c(OC)cc3C2Cc2ccc(OC)c(OC)c2)OC(C)=O)cc1OC.[I-].[I-]. The van der Waals surface area contributed by atoms with Crippen LogP contribution in [0.15, 0.2) is 60.7 Å². The first-order chi connectivity index (χ1) is 36.5. The lowest BCUT2D eigenvalue weighted by Gasteiger charge is -2.46. The molecule has 2 heterocycles. The zero-order valence-electron chi connectivity index (χ0n) is 47.2. The molecule has 18 nitrogen and oxygen atoms in total. The van der Waals surface area contributed by atoms with Gasteiger partial charge in [-0.25, -0.2) is 9.59 Å². The fraction of sp³-hybridized carbons (Fsp3) is 0.517. The van der Waals surface area contributed by atoms with Crippen LogP contribution in [0.25, 0.3) is 0 Å². The molecule has 0 spiro atoms. The molecule has 0 amide bonds. The third-order valence-corrected chi connectivity index (χ3v) is 14.9. The molecule has 4 aromatic carbocycles. The van der Waals surface area contributed by atoms with E-state index in [9.17, 15) is 19.2 Å². The molecule has 0 saturated carbocycles. The second-order valence-corrected chi connectivity index (χ2v) is 19.8. The Kier molecular flexibility index (Phi) is 25.2. The van der Waals surface area contributed by atoms with Gasteiger partial charge < -0.3 is 114 Å². The summed E-state index contributed by atoms with van der Waals surface area (Å²) in [4.78, 5) is 52.8. The number of carbonyl (C=O) groups excluding carboxylic acids is 4. The number of hydrogen-bond donors (Lipinski definition) is 0. The van der Waals surface area contributed by atoms with Gasteiger partial charge in [-0.15, -0.1) is 0 Å². The van der Waals surface area contributed by atoms with Gasteiger partial charge in [0, 0.05) is 50.7 Å². The minimum absolute atomic E-state index is 0. The van der Waals surface area contributed by atoms with Crippen molar-refractivity contribution >= 4 is 23.9 Å². The van der Waals surface area contributed by atoms with Gasteiger partial charge in [0.25, 0.3) is 0 Å². The first-order valence-electron chi connectivity index (χ1n) is 25.7. The van der Waals surface area contributed by atoms with E-state index in [4.69, 9.17) is 56.8 Å². The van der Waals surface area contributed by atoms with Crippen LogP contribution in [0.1, 0.15) is 85.0 Å². The summed E-state index contributed by atoms with van der Waals surface area (Å²) < 4.78 is 68.8. The lowest BCUT2D eigenvalue weighted by Crippen LogP contribution is -3.00. The van der Waals surface area contributed by atoms with Gasteiger partial charge in [0.1, 0.15) is 25.2 Å². The smallest absolute Gasteiger partial charge is 0.353 e. The molecule has 0 saturated heterocycles. The number of esters is 4. The Hall–Kier alpha value is -5.46. The first-order valence-corrected chi connectivity index (χ1v) is 25.7. The fourth-order valence-electron chi connectivity index (χ4n) is 10.8. The Morgan fingerprint density at radius 3 is 1.10 bits per heavy atom. The molecule has 0 aliphatic carbocycles. The number of methoxy groups -OCH3 is 8. The zero-order valence-corrected chi connectivity index (χ0v) is 51.5. The minimum atomic E-state index is -1.17. The number of ether oxygens (including phenoxy) is 12. The van der Waals surface area contributed by atoms with Gasteiger partial charge in [0.05, 0.1) is 97.3 Å². The maximum absolute atomic E-state index is 13.8. The Morgan fingerprint density at radius 1 is 0.462 bits per heavy atom. The monoisotopic (exact) mass is 1310 g/mol. The largest absolute Gasteiger partial charge is 1.00 e. The highest BCUT2D eigenvalue weighted by molar-refractivity contribution is 5.79. The third kappa shape index (κ3) is 16.1. The van der Waals surface area contributed by atoms with Crippen molar-refractivity contribution in [1.29, 1.82) is 0 Å². The maximum Gasteiger partial charge on any atom is 0.353 e. The predicted molar refractivity (Wildman–Crippen MR) is 282 cm³/mol. The van der Waals surface area contributed by atoms with Crippen molar-refractivity contribution in [3.63, 3.8) is 0 Å². The molecule has 20 heteroatoms. The number of quaternary nitrogens is 2. The molecule has 2 aliphatic heterocycles. The van der Waals surface area contributed by atoms with E-state index >= 15 is 0 Å². The van der Waals surface area contributed by atoms with Crippen LogP contribution in [0.3, 0.4) is 0 Å². The van der Waals surface area contributed by atoms with Crippen LogP contribution < -0.4 is 85.8 Å². The summed E-state index contributed by atoms with van der Waals surface area (Å²) in [6.45, 7) is 4.38. The van der Waals surface area contributed by atoms with Gasteiger partial charge in [0.2, 0.25) is 12.2 Å². The normalized spacial score (nSPS) is 18.8. The van der Waals surface area contributed by atoms with Crippen molar-refractivity contribution in [2.45, 2.75) is 89.5 Å². The zero-order chi connectivity index (χ0) is 55.2. The van der Waals surface area contributed by atoms with E-state index in [1.54, 1.807) is 56.9 Å². The molecular weight excluding hydrogens is 1230 g/mol. The number of benzene rings is 4. The molecule has 0 aromatic heterocycles. The van der Waals surface area contributed by atoms with Crippen LogP contribution in [0, 0.1) is 0 Å². The number of unbranched alkanes of at least 4 members (excludes halogenated alkanes) is 3. The van der Waals surface area contributed by atoms with Gasteiger partial charge in [-0.2, -0.15) is 0 Å². The highest BCUT2D eigenvalue weighted by Gasteiger charge is 2.46. The number of rotatable bonds is 27.